The quantitative estimate of drug-likeness (QED) is 0.758. The van der Waals surface area contributed by atoms with Crippen LogP contribution in [0.25, 0.3) is 10.1 Å². The van der Waals surface area contributed by atoms with E-state index in [2.05, 4.69) is 16.5 Å². The average molecular weight is 350 g/mol. The van der Waals surface area contributed by atoms with Gasteiger partial charge in [-0.3, -0.25) is 9.69 Å². The zero-order chi connectivity index (χ0) is 16.4. The van der Waals surface area contributed by atoms with Gasteiger partial charge in [0.2, 0.25) is 5.91 Å². The fourth-order valence-electron chi connectivity index (χ4n) is 2.32. The third kappa shape index (κ3) is 3.72. The van der Waals surface area contributed by atoms with Crippen LogP contribution >= 0.6 is 22.9 Å². The summed E-state index contributed by atoms with van der Waals surface area (Å²) >= 11 is 8.09. The van der Waals surface area contributed by atoms with E-state index in [1.54, 1.807) is 24.3 Å². The van der Waals surface area contributed by atoms with Crippen LogP contribution in [0.4, 0.5) is 5.82 Å². The molecule has 2 aromatic heterocycles. The van der Waals surface area contributed by atoms with E-state index < -0.39 is 0 Å². The normalized spacial score (nSPS) is 11.3. The first-order valence-corrected chi connectivity index (χ1v) is 8.30. The van der Waals surface area contributed by atoms with E-state index in [1.165, 1.54) is 0 Å². The molecule has 3 aromatic rings. The van der Waals surface area contributed by atoms with Crippen LogP contribution < -0.4 is 5.32 Å². The first-order valence-electron chi connectivity index (χ1n) is 7.10. The summed E-state index contributed by atoms with van der Waals surface area (Å²) in [5.74, 6) is 0.949. The molecule has 1 aromatic carbocycles. The molecule has 0 aliphatic heterocycles. The SMILES string of the molecule is Cc1cc(NC(=O)CN(C)Cc2sc3ccccc3c2Cl)no1. The topological polar surface area (TPSA) is 58.4 Å². The number of carbonyl (C=O) groups is 1. The van der Waals surface area contributed by atoms with Gasteiger partial charge in [-0.05, 0) is 20.0 Å². The van der Waals surface area contributed by atoms with Crippen LogP contribution in [0.3, 0.4) is 0 Å². The number of fused-ring (bicyclic) bond motifs is 1. The highest BCUT2D eigenvalue weighted by Crippen LogP contribution is 2.35. The molecule has 7 heteroatoms. The first kappa shape index (κ1) is 16.0. The van der Waals surface area contributed by atoms with E-state index >= 15 is 0 Å². The number of hydrogen-bond acceptors (Lipinski definition) is 5. The zero-order valence-corrected chi connectivity index (χ0v) is 14.4. The van der Waals surface area contributed by atoms with Crippen LogP contribution in [0.15, 0.2) is 34.9 Å². The number of benzene rings is 1. The third-order valence-corrected chi connectivity index (χ3v) is 5.02. The molecule has 0 atom stereocenters. The zero-order valence-electron chi connectivity index (χ0n) is 12.8. The highest BCUT2D eigenvalue weighted by atomic mass is 35.5. The molecule has 0 bridgehead atoms. The number of nitrogens with one attached hydrogen (secondary N) is 1. The summed E-state index contributed by atoms with van der Waals surface area (Å²) in [4.78, 5) is 15.0. The number of amides is 1. The monoisotopic (exact) mass is 349 g/mol. The maximum absolute atomic E-state index is 12.0. The molecule has 1 amide bonds. The van der Waals surface area contributed by atoms with Crippen LogP contribution in [-0.2, 0) is 11.3 Å². The Morgan fingerprint density at radius 3 is 2.91 bits per heavy atom. The maximum Gasteiger partial charge on any atom is 0.239 e. The number of nitrogens with zero attached hydrogens (tertiary/aromatic N) is 2. The lowest BCUT2D eigenvalue weighted by atomic mass is 10.2. The van der Waals surface area contributed by atoms with Crippen LogP contribution in [0, 0.1) is 6.92 Å². The van der Waals surface area contributed by atoms with Crippen molar-refractivity contribution in [2.75, 3.05) is 18.9 Å². The van der Waals surface area contributed by atoms with Gasteiger partial charge in [-0.2, -0.15) is 0 Å². The van der Waals surface area contributed by atoms with Gasteiger partial charge in [0.05, 0.1) is 11.6 Å². The Hall–Kier alpha value is -1.89. The highest BCUT2D eigenvalue weighted by molar-refractivity contribution is 7.19. The molecule has 0 radical (unpaired) electrons. The number of halogens is 1. The second-order valence-corrected chi connectivity index (χ2v) is 6.89. The third-order valence-electron chi connectivity index (χ3n) is 3.32. The Morgan fingerprint density at radius 2 is 2.22 bits per heavy atom. The van der Waals surface area contributed by atoms with Gasteiger partial charge in [0, 0.05) is 27.6 Å². The van der Waals surface area contributed by atoms with Crippen molar-refractivity contribution in [2.24, 2.45) is 0 Å². The number of anilines is 1. The minimum Gasteiger partial charge on any atom is -0.360 e. The Bertz CT molecular complexity index is 843. The van der Waals surface area contributed by atoms with Gasteiger partial charge in [0.1, 0.15) is 5.76 Å². The molecule has 2 heterocycles. The molecule has 23 heavy (non-hydrogen) atoms. The molecule has 1 N–H and O–H groups in total. The number of hydrogen-bond donors (Lipinski definition) is 1. The second kappa shape index (κ2) is 6.70. The fraction of sp³-hybridized carbons (Fsp3) is 0.250. The minimum absolute atomic E-state index is 0.141. The Morgan fingerprint density at radius 1 is 1.43 bits per heavy atom. The lowest BCUT2D eigenvalue weighted by Gasteiger charge is -2.14. The van der Waals surface area contributed by atoms with Crippen molar-refractivity contribution in [2.45, 2.75) is 13.5 Å². The summed E-state index contributed by atoms with van der Waals surface area (Å²) in [5, 5.41) is 8.28. The average Bonchev–Trinajstić information content (AvgIpc) is 3.03. The first-order chi connectivity index (χ1) is 11.0. The van der Waals surface area contributed by atoms with E-state index in [4.69, 9.17) is 16.1 Å². The highest BCUT2D eigenvalue weighted by Gasteiger charge is 2.14. The number of rotatable bonds is 5. The molecule has 120 valence electrons. The van der Waals surface area contributed by atoms with Gasteiger partial charge in [0.25, 0.3) is 0 Å². The van der Waals surface area contributed by atoms with Crippen molar-refractivity contribution in [3.8, 4) is 0 Å². The molecule has 0 unspecified atom stereocenters. The molecule has 0 aliphatic carbocycles. The van der Waals surface area contributed by atoms with E-state index in [0.717, 1.165) is 20.0 Å². The molecule has 3 rings (SSSR count). The minimum atomic E-state index is -0.141. The van der Waals surface area contributed by atoms with Gasteiger partial charge < -0.3 is 9.84 Å². The van der Waals surface area contributed by atoms with E-state index in [9.17, 15) is 4.79 Å². The molecular formula is C16H16ClN3O2S. The number of likely N-dealkylation sites (N-methyl/N-ethyl adjacent to an activating group) is 1. The van der Waals surface area contributed by atoms with Crippen LogP contribution in [0.2, 0.25) is 5.02 Å². The van der Waals surface area contributed by atoms with Crippen molar-refractivity contribution in [1.29, 1.82) is 0 Å². The van der Waals surface area contributed by atoms with Crippen LogP contribution in [0.5, 0.6) is 0 Å². The second-order valence-electron chi connectivity index (χ2n) is 5.38. The smallest absolute Gasteiger partial charge is 0.239 e. The summed E-state index contributed by atoms with van der Waals surface area (Å²) in [5.41, 5.74) is 0. The number of aromatic nitrogens is 1. The molecule has 0 saturated carbocycles. The molecule has 5 nitrogen and oxygen atoms in total. The molecule has 0 saturated heterocycles. The molecule has 0 spiro atoms. The number of carbonyl (C=O) groups excluding carboxylic acids is 1. The molecule has 0 fully saturated rings. The number of thiophene rings is 1. The lowest BCUT2D eigenvalue weighted by molar-refractivity contribution is -0.117. The summed E-state index contributed by atoms with van der Waals surface area (Å²) in [6.45, 7) is 2.64. The van der Waals surface area contributed by atoms with Gasteiger partial charge in [-0.25, -0.2) is 0 Å². The van der Waals surface area contributed by atoms with Crippen LogP contribution in [0.1, 0.15) is 10.6 Å². The molecule has 0 aliphatic rings. The predicted octanol–water partition coefficient (Wildman–Crippen LogP) is 3.92. The molecular weight excluding hydrogens is 334 g/mol. The van der Waals surface area contributed by atoms with Gasteiger partial charge in [-0.15, -0.1) is 11.3 Å². The summed E-state index contributed by atoms with van der Waals surface area (Å²) in [6.07, 6.45) is 0. The standard InChI is InChI=1S/C16H16ClN3O2S/c1-10-7-14(19-22-10)18-15(21)9-20(2)8-13-16(17)11-5-3-4-6-12(11)23-13/h3-7H,8-9H2,1-2H3,(H,18,19,21). The maximum atomic E-state index is 12.0. The van der Waals surface area contributed by atoms with Crippen LogP contribution in [-0.4, -0.2) is 29.6 Å². The summed E-state index contributed by atoms with van der Waals surface area (Å²) in [6, 6.07) is 9.71. The summed E-state index contributed by atoms with van der Waals surface area (Å²) in [7, 11) is 1.88. The van der Waals surface area contributed by atoms with E-state index in [0.29, 0.717) is 18.1 Å². The van der Waals surface area contributed by atoms with Crippen molar-refractivity contribution in [1.82, 2.24) is 10.1 Å². The van der Waals surface area contributed by atoms with Gasteiger partial charge >= 0.3 is 0 Å². The Labute approximate surface area is 142 Å². The van der Waals surface area contributed by atoms with Gasteiger partial charge in [-0.1, -0.05) is 35.0 Å². The van der Waals surface area contributed by atoms with E-state index in [1.807, 2.05) is 30.1 Å². The van der Waals surface area contributed by atoms with Gasteiger partial charge in [0.15, 0.2) is 5.82 Å². The van der Waals surface area contributed by atoms with Crippen molar-refractivity contribution < 1.29 is 9.32 Å². The Balaban J connectivity index is 1.63. The predicted molar refractivity (Wildman–Crippen MR) is 93.0 cm³/mol. The largest absolute Gasteiger partial charge is 0.360 e. The number of aryl methyl sites for hydroxylation is 1. The van der Waals surface area contributed by atoms with Crippen molar-refractivity contribution in [3.63, 3.8) is 0 Å². The van der Waals surface area contributed by atoms with Crippen molar-refractivity contribution >= 4 is 44.7 Å². The van der Waals surface area contributed by atoms with Crippen molar-refractivity contribution in [3.05, 3.63) is 46.0 Å². The summed E-state index contributed by atoms with van der Waals surface area (Å²) < 4.78 is 6.08. The van der Waals surface area contributed by atoms with E-state index in [-0.39, 0.29) is 12.5 Å². The lowest BCUT2D eigenvalue weighted by Crippen LogP contribution is -2.29. The Kier molecular flexibility index (Phi) is 4.66. The fourth-order valence-corrected chi connectivity index (χ4v) is 3.89.